The summed E-state index contributed by atoms with van der Waals surface area (Å²) in [6.45, 7) is 9.45. The molecule has 0 amide bonds. The lowest BCUT2D eigenvalue weighted by Crippen LogP contribution is -2.34. The molecule has 4 heteroatoms. The van der Waals surface area contributed by atoms with Crippen molar-refractivity contribution in [2.75, 3.05) is 0 Å². The molecule has 0 spiro atoms. The van der Waals surface area contributed by atoms with Crippen LogP contribution in [0.3, 0.4) is 0 Å². The van der Waals surface area contributed by atoms with E-state index in [1.807, 2.05) is 24.7 Å². The smallest absolute Gasteiger partial charge is 0.125 e. The quantitative estimate of drug-likeness (QED) is 0.920. The summed E-state index contributed by atoms with van der Waals surface area (Å²) < 4.78 is 0. The summed E-state index contributed by atoms with van der Waals surface area (Å²) in [5.41, 5.74) is 2.48. The van der Waals surface area contributed by atoms with Crippen LogP contribution in [0.15, 0.2) is 24.7 Å². The second-order valence-electron chi connectivity index (χ2n) is 5.43. The van der Waals surface area contributed by atoms with Crippen LogP contribution < -0.4 is 5.32 Å². The molecule has 0 bridgehead atoms. The highest BCUT2D eigenvalue weighted by molar-refractivity contribution is 7.15. The molecule has 0 fully saturated rings. The third-order valence-corrected chi connectivity index (χ3v) is 3.65. The highest BCUT2D eigenvalue weighted by Gasteiger charge is 2.11. The topological polar surface area (TPSA) is 37.8 Å². The van der Waals surface area contributed by atoms with Gasteiger partial charge in [0.15, 0.2) is 0 Å². The Kier molecular flexibility index (Phi) is 3.78. The van der Waals surface area contributed by atoms with Gasteiger partial charge in [0.05, 0.1) is 0 Å². The molecule has 2 aromatic heterocycles. The van der Waals surface area contributed by atoms with Crippen molar-refractivity contribution in [3.05, 3.63) is 35.1 Å². The Morgan fingerprint density at radius 2 is 2.06 bits per heavy atom. The number of hydrogen-bond donors (Lipinski definition) is 1. The van der Waals surface area contributed by atoms with E-state index >= 15 is 0 Å². The Hall–Kier alpha value is -1.26. The third-order valence-electron chi connectivity index (χ3n) is 2.62. The lowest BCUT2D eigenvalue weighted by molar-refractivity contribution is 0.426. The Balaban J connectivity index is 2.14. The molecule has 3 nitrogen and oxygen atoms in total. The first-order valence-corrected chi connectivity index (χ1v) is 6.88. The number of aromatic nitrogens is 2. The first-order valence-electron chi connectivity index (χ1n) is 6.06. The van der Waals surface area contributed by atoms with E-state index in [2.05, 4.69) is 43.0 Å². The number of hydrogen-bond acceptors (Lipinski definition) is 4. The molecule has 18 heavy (non-hydrogen) atoms. The summed E-state index contributed by atoms with van der Waals surface area (Å²) >= 11 is 1.73. The highest BCUT2D eigenvalue weighted by atomic mass is 32.1. The molecule has 1 N–H and O–H groups in total. The third kappa shape index (κ3) is 3.37. The summed E-state index contributed by atoms with van der Waals surface area (Å²) in [7, 11) is 0. The van der Waals surface area contributed by atoms with E-state index in [1.54, 1.807) is 11.3 Å². The van der Waals surface area contributed by atoms with Crippen molar-refractivity contribution in [2.24, 2.45) is 0 Å². The molecule has 0 aliphatic heterocycles. The zero-order valence-corrected chi connectivity index (χ0v) is 12.1. The number of nitrogens with one attached hydrogen (secondary N) is 1. The number of nitrogens with zero attached hydrogens (tertiary/aromatic N) is 2. The Morgan fingerprint density at radius 3 is 2.72 bits per heavy atom. The Labute approximate surface area is 112 Å². The molecule has 0 aliphatic rings. The first-order chi connectivity index (χ1) is 8.46. The van der Waals surface area contributed by atoms with Gasteiger partial charge in [0.1, 0.15) is 5.01 Å². The standard InChI is InChI=1S/C14H19N3S/c1-10-5-6-15-9-12(10)13-16-7-11(18-13)8-17-14(2,3)4/h5-7,9,17H,8H2,1-4H3. The molecule has 0 unspecified atom stereocenters. The van der Waals surface area contributed by atoms with Crippen molar-refractivity contribution in [3.63, 3.8) is 0 Å². The van der Waals surface area contributed by atoms with E-state index < -0.39 is 0 Å². The van der Waals surface area contributed by atoms with Crippen LogP contribution in [0.5, 0.6) is 0 Å². The fourth-order valence-corrected chi connectivity index (χ4v) is 2.48. The minimum Gasteiger partial charge on any atom is -0.307 e. The molecule has 2 aromatic rings. The van der Waals surface area contributed by atoms with E-state index in [0.29, 0.717) is 0 Å². The number of aryl methyl sites for hydroxylation is 1. The molecule has 0 radical (unpaired) electrons. The van der Waals surface area contributed by atoms with Crippen LogP contribution in [0, 0.1) is 6.92 Å². The second kappa shape index (κ2) is 5.16. The van der Waals surface area contributed by atoms with Crippen LogP contribution in [-0.4, -0.2) is 15.5 Å². The minimum atomic E-state index is 0.133. The van der Waals surface area contributed by atoms with E-state index in [4.69, 9.17) is 0 Å². The van der Waals surface area contributed by atoms with Crippen molar-refractivity contribution in [1.29, 1.82) is 0 Å². The van der Waals surface area contributed by atoms with Crippen LogP contribution >= 0.6 is 11.3 Å². The molecule has 0 aromatic carbocycles. The predicted molar refractivity (Wildman–Crippen MR) is 76.7 cm³/mol. The molecule has 96 valence electrons. The Morgan fingerprint density at radius 1 is 1.28 bits per heavy atom. The molecule has 0 aliphatic carbocycles. The van der Waals surface area contributed by atoms with Gasteiger partial charge in [-0.2, -0.15) is 0 Å². The zero-order chi connectivity index (χ0) is 13.2. The van der Waals surface area contributed by atoms with Gasteiger partial charge in [0, 0.05) is 41.1 Å². The van der Waals surface area contributed by atoms with Crippen molar-refractivity contribution < 1.29 is 0 Å². The average Bonchev–Trinajstić information content (AvgIpc) is 2.75. The predicted octanol–water partition coefficient (Wildman–Crippen LogP) is 3.40. The zero-order valence-electron chi connectivity index (χ0n) is 11.3. The molecule has 2 rings (SSSR count). The van der Waals surface area contributed by atoms with Crippen LogP contribution in [0.1, 0.15) is 31.2 Å². The van der Waals surface area contributed by atoms with E-state index in [1.165, 1.54) is 10.4 Å². The first kappa shape index (κ1) is 13.2. The normalized spacial score (nSPS) is 11.8. The maximum Gasteiger partial charge on any atom is 0.125 e. The van der Waals surface area contributed by atoms with Gasteiger partial charge in [-0.05, 0) is 39.3 Å². The summed E-state index contributed by atoms with van der Waals surface area (Å²) in [4.78, 5) is 9.91. The second-order valence-corrected chi connectivity index (χ2v) is 6.54. The monoisotopic (exact) mass is 261 g/mol. The van der Waals surface area contributed by atoms with Crippen LogP contribution in [-0.2, 0) is 6.54 Å². The van der Waals surface area contributed by atoms with Crippen molar-refractivity contribution in [1.82, 2.24) is 15.3 Å². The summed E-state index contributed by atoms with van der Waals surface area (Å²) in [6.07, 6.45) is 5.65. The maximum atomic E-state index is 4.49. The number of pyridine rings is 1. The van der Waals surface area contributed by atoms with Gasteiger partial charge in [-0.15, -0.1) is 11.3 Å². The number of thiazole rings is 1. The Bertz CT molecular complexity index is 526. The molecule has 0 saturated heterocycles. The van der Waals surface area contributed by atoms with Gasteiger partial charge in [-0.3, -0.25) is 4.98 Å². The van der Waals surface area contributed by atoms with Crippen molar-refractivity contribution in [3.8, 4) is 10.6 Å². The molecular formula is C14H19N3S. The van der Waals surface area contributed by atoms with Gasteiger partial charge in [0.25, 0.3) is 0 Å². The van der Waals surface area contributed by atoms with Gasteiger partial charge in [-0.25, -0.2) is 4.98 Å². The van der Waals surface area contributed by atoms with Gasteiger partial charge < -0.3 is 5.32 Å². The van der Waals surface area contributed by atoms with Crippen LogP contribution in [0.2, 0.25) is 0 Å². The minimum absolute atomic E-state index is 0.133. The summed E-state index contributed by atoms with van der Waals surface area (Å²) in [5, 5.41) is 4.52. The molecular weight excluding hydrogens is 242 g/mol. The highest BCUT2D eigenvalue weighted by Crippen LogP contribution is 2.27. The van der Waals surface area contributed by atoms with E-state index in [9.17, 15) is 0 Å². The summed E-state index contributed by atoms with van der Waals surface area (Å²) in [6, 6.07) is 2.02. The van der Waals surface area contributed by atoms with Gasteiger partial charge in [0.2, 0.25) is 0 Å². The van der Waals surface area contributed by atoms with Crippen LogP contribution in [0.25, 0.3) is 10.6 Å². The van der Waals surface area contributed by atoms with E-state index in [-0.39, 0.29) is 5.54 Å². The van der Waals surface area contributed by atoms with Crippen LogP contribution in [0.4, 0.5) is 0 Å². The average molecular weight is 261 g/mol. The largest absolute Gasteiger partial charge is 0.307 e. The lowest BCUT2D eigenvalue weighted by Gasteiger charge is -2.19. The lowest BCUT2D eigenvalue weighted by atomic mass is 10.1. The molecule has 2 heterocycles. The van der Waals surface area contributed by atoms with Crippen molar-refractivity contribution >= 4 is 11.3 Å². The van der Waals surface area contributed by atoms with Gasteiger partial charge >= 0.3 is 0 Å². The van der Waals surface area contributed by atoms with Gasteiger partial charge in [-0.1, -0.05) is 0 Å². The fraction of sp³-hybridized carbons (Fsp3) is 0.429. The van der Waals surface area contributed by atoms with Crippen molar-refractivity contribution in [2.45, 2.75) is 39.8 Å². The molecule has 0 atom stereocenters. The molecule has 0 saturated carbocycles. The van der Waals surface area contributed by atoms with E-state index in [0.717, 1.165) is 17.1 Å². The SMILES string of the molecule is Cc1ccncc1-c1ncc(CNC(C)(C)C)s1. The summed E-state index contributed by atoms with van der Waals surface area (Å²) in [5.74, 6) is 0. The number of rotatable bonds is 3. The maximum absolute atomic E-state index is 4.49. The fourth-order valence-electron chi connectivity index (χ4n) is 1.55.